The third-order valence-corrected chi connectivity index (χ3v) is 3.95. The lowest BCUT2D eigenvalue weighted by Crippen LogP contribution is -2.38. The van der Waals surface area contributed by atoms with E-state index >= 15 is 0 Å². The van der Waals surface area contributed by atoms with Crippen LogP contribution in [0, 0.1) is 0 Å². The largest absolute Gasteiger partial charge is 0.378 e. The highest BCUT2D eigenvalue weighted by Crippen LogP contribution is 2.27. The molecule has 21 heavy (non-hydrogen) atoms. The van der Waals surface area contributed by atoms with Gasteiger partial charge in [-0.3, -0.25) is 0 Å². The fourth-order valence-electron chi connectivity index (χ4n) is 2.56. The summed E-state index contributed by atoms with van der Waals surface area (Å²) in [4.78, 5) is 13.6. The maximum absolute atomic E-state index is 5.43. The topological polar surface area (TPSA) is 50.2 Å². The lowest BCUT2D eigenvalue weighted by molar-refractivity contribution is 0.122. The number of halogens is 1. The van der Waals surface area contributed by atoms with Gasteiger partial charge in [0.2, 0.25) is 0 Å². The van der Waals surface area contributed by atoms with Crippen LogP contribution in [0.1, 0.15) is 0 Å². The van der Waals surface area contributed by atoms with Crippen molar-refractivity contribution in [1.29, 1.82) is 0 Å². The van der Waals surface area contributed by atoms with Crippen molar-refractivity contribution < 1.29 is 9.47 Å². The molecule has 0 aliphatic carbocycles. The average molecular weight is 402 g/mol. The fourth-order valence-corrected chi connectivity index (χ4v) is 2.85. The van der Waals surface area contributed by atoms with Crippen LogP contribution in [0.25, 0.3) is 0 Å². The summed E-state index contributed by atoms with van der Waals surface area (Å²) in [5.41, 5.74) is 1.17. The number of ether oxygens (including phenoxy) is 2. The van der Waals surface area contributed by atoms with Crippen molar-refractivity contribution in [1.82, 2.24) is 4.98 Å². The molecule has 2 aliphatic heterocycles. The number of aromatic nitrogens is 1. The highest BCUT2D eigenvalue weighted by Gasteiger charge is 2.17. The van der Waals surface area contributed by atoms with Gasteiger partial charge in [-0.05, 0) is 22.6 Å². The summed E-state index contributed by atoms with van der Waals surface area (Å²) in [6.07, 6.45) is 0. The van der Waals surface area contributed by atoms with Crippen molar-refractivity contribution in [2.24, 2.45) is 4.99 Å². The number of hydrogen-bond acceptors (Lipinski definition) is 6. The number of morpholine rings is 2. The molecule has 2 aliphatic rings. The zero-order chi connectivity index (χ0) is 14.5. The third-order valence-electron chi connectivity index (χ3n) is 3.68. The molecule has 0 spiro atoms. The molecule has 3 heterocycles. The maximum atomic E-state index is 5.43. The summed E-state index contributed by atoms with van der Waals surface area (Å²) < 4.78 is 12.6. The first-order valence-corrected chi connectivity index (χ1v) is 8.41. The van der Waals surface area contributed by atoms with Crippen LogP contribution < -0.4 is 9.80 Å². The van der Waals surface area contributed by atoms with E-state index in [0.29, 0.717) is 0 Å². The van der Waals surface area contributed by atoms with Gasteiger partial charge in [-0.25, -0.2) is 9.98 Å². The standard InChI is InChI=1S/C14H19IN4O2/c15-11-16-13-9-12(18-1-5-20-6-2-18)10-14(17-13)19-3-7-21-8-4-19/h9-11H,1-8H2. The smallest absolute Gasteiger partial charge is 0.156 e. The Bertz CT molecular complexity index is 463. The van der Waals surface area contributed by atoms with Crippen molar-refractivity contribution in [2.45, 2.75) is 0 Å². The zero-order valence-electron chi connectivity index (χ0n) is 11.9. The van der Waals surface area contributed by atoms with Gasteiger partial charge in [-0.1, -0.05) is 0 Å². The predicted molar refractivity (Wildman–Crippen MR) is 92.5 cm³/mol. The van der Waals surface area contributed by atoms with Crippen LogP contribution in [0.3, 0.4) is 0 Å². The number of nitrogens with zero attached hydrogens (tertiary/aromatic N) is 4. The molecule has 6 nitrogen and oxygen atoms in total. The summed E-state index contributed by atoms with van der Waals surface area (Å²) in [6.45, 7) is 6.67. The van der Waals surface area contributed by atoms with E-state index in [-0.39, 0.29) is 0 Å². The van der Waals surface area contributed by atoms with Gasteiger partial charge in [0.1, 0.15) is 5.82 Å². The molecular formula is C14H19IN4O2. The normalized spacial score (nSPS) is 20.2. The van der Waals surface area contributed by atoms with E-state index in [4.69, 9.17) is 9.47 Å². The second kappa shape index (κ2) is 7.37. The number of pyridine rings is 1. The average Bonchev–Trinajstić information content (AvgIpc) is 2.56. The van der Waals surface area contributed by atoms with Gasteiger partial charge >= 0.3 is 0 Å². The molecule has 114 valence electrons. The quantitative estimate of drug-likeness (QED) is 0.571. The Kier molecular flexibility index (Phi) is 5.26. The highest BCUT2D eigenvalue weighted by atomic mass is 127. The van der Waals surface area contributed by atoms with Crippen LogP contribution in [0.4, 0.5) is 17.3 Å². The van der Waals surface area contributed by atoms with Crippen LogP contribution in [0.15, 0.2) is 17.1 Å². The fraction of sp³-hybridized carbons (Fsp3) is 0.571. The van der Waals surface area contributed by atoms with E-state index in [0.717, 1.165) is 64.2 Å². The summed E-state index contributed by atoms with van der Waals surface area (Å²) in [7, 11) is 0. The van der Waals surface area contributed by atoms with Crippen molar-refractivity contribution >= 4 is 44.1 Å². The molecule has 0 aromatic carbocycles. The Balaban J connectivity index is 1.89. The minimum atomic E-state index is 0.758. The first-order chi connectivity index (χ1) is 10.4. The molecule has 0 amide bonds. The number of aliphatic imine (C=N–C) groups is 1. The minimum Gasteiger partial charge on any atom is -0.378 e. The zero-order valence-corrected chi connectivity index (χ0v) is 14.0. The summed E-state index contributed by atoms with van der Waals surface area (Å²) >= 11 is 2.12. The first kappa shape index (κ1) is 15.0. The van der Waals surface area contributed by atoms with Crippen LogP contribution in [0.2, 0.25) is 0 Å². The Hall–Kier alpha value is -0.930. The SMILES string of the molecule is IC=Nc1cc(N2CCOCC2)cc(N2CCOCC2)n1. The molecule has 1 aromatic rings. The molecule has 0 N–H and O–H groups in total. The van der Waals surface area contributed by atoms with Crippen molar-refractivity contribution in [3.63, 3.8) is 0 Å². The van der Waals surface area contributed by atoms with E-state index in [2.05, 4.69) is 48.4 Å². The Morgan fingerprint density at radius 2 is 1.62 bits per heavy atom. The number of rotatable bonds is 3. The van der Waals surface area contributed by atoms with Crippen LogP contribution in [-0.2, 0) is 9.47 Å². The van der Waals surface area contributed by atoms with Crippen molar-refractivity contribution in [3.05, 3.63) is 12.1 Å². The second-order valence-corrected chi connectivity index (χ2v) is 5.52. The van der Waals surface area contributed by atoms with E-state index in [1.807, 2.05) is 6.07 Å². The molecule has 0 atom stereocenters. The molecule has 0 radical (unpaired) electrons. The first-order valence-electron chi connectivity index (χ1n) is 7.17. The van der Waals surface area contributed by atoms with Gasteiger partial charge in [0, 0.05) is 44.0 Å². The molecule has 2 saturated heterocycles. The van der Waals surface area contributed by atoms with E-state index in [1.165, 1.54) is 5.69 Å². The van der Waals surface area contributed by atoms with Gasteiger partial charge in [-0.15, -0.1) is 0 Å². The van der Waals surface area contributed by atoms with Crippen LogP contribution in [-0.4, -0.2) is 61.8 Å². The Labute approximate surface area is 138 Å². The van der Waals surface area contributed by atoms with Gasteiger partial charge in [0.15, 0.2) is 5.82 Å². The van der Waals surface area contributed by atoms with E-state index < -0.39 is 0 Å². The molecule has 7 heteroatoms. The summed E-state index contributed by atoms with van der Waals surface area (Å²) in [5.74, 6) is 1.74. The molecule has 0 bridgehead atoms. The summed E-state index contributed by atoms with van der Waals surface area (Å²) in [6, 6.07) is 4.20. The van der Waals surface area contributed by atoms with Gasteiger partial charge in [-0.2, -0.15) is 0 Å². The second-order valence-electron chi connectivity index (χ2n) is 4.97. The van der Waals surface area contributed by atoms with Gasteiger partial charge < -0.3 is 19.3 Å². The van der Waals surface area contributed by atoms with Crippen LogP contribution in [0.5, 0.6) is 0 Å². The van der Waals surface area contributed by atoms with Gasteiger partial charge in [0.25, 0.3) is 0 Å². The van der Waals surface area contributed by atoms with E-state index in [1.54, 1.807) is 4.22 Å². The predicted octanol–water partition coefficient (Wildman–Crippen LogP) is 1.85. The number of anilines is 2. The van der Waals surface area contributed by atoms with Crippen molar-refractivity contribution in [3.8, 4) is 0 Å². The molecule has 2 fully saturated rings. The summed E-state index contributed by atoms with van der Waals surface area (Å²) in [5, 5.41) is 0. The van der Waals surface area contributed by atoms with Crippen LogP contribution >= 0.6 is 22.6 Å². The minimum absolute atomic E-state index is 0.758. The molecule has 3 rings (SSSR count). The van der Waals surface area contributed by atoms with E-state index in [9.17, 15) is 0 Å². The van der Waals surface area contributed by atoms with Crippen molar-refractivity contribution in [2.75, 3.05) is 62.4 Å². The third kappa shape index (κ3) is 3.83. The highest BCUT2D eigenvalue weighted by molar-refractivity contribution is 14.1. The molecular weight excluding hydrogens is 383 g/mol. The Morgan fingerprint density at radius 3 is 2.24 bits per heavy atom. The molecule has 0 unspecified atom stereocenters. The Morgan fingerprint density at radius 1 is 1.00 bits per heavy atom. The lowest BCUT2D eigenvalue weighted by atomic mass is 10.2. The lowest BCUT2D eigenvalue weighted by Gasteiger charge is -2.32. The molecule has 0 saturated carbocycles. The molecule has 1 aromatic heterocycles. The number of hydrogen-bond donors (Lipinski definition) is 0. The maximum Gasteiger partial charge on any atom is 0.156 e. The van der Waals surface area contributed by atoms with Gasteiger partial charge in [0.05, 0.1) is 30.6 Å². The monoisotopic (exact) mass is 402 g/mol.